The molecule has 0 radical (unpaired) electrons. The molecule has 3 aromatic rings. The maximum atomic E-state index is 9.07. The third-order valence-corrected chi connectivity index (χ3v) is 10.2. The number of imidazole rings is 1. The van der Waals surface area contributed by atoms with Crippen molar-refractivity contribution in [2.75, 3.05) is 37.6 Å². The first-order chi connectivity index (χ1) is 19.0. The predicted molar refractivity (Wildman–Crippen MR) is 158 cm³/mol. The Morgan fingerprint density at radius 2 is 1.72 bits per heavy atom. The molecule has 1 unspecified atom stereocenters. The van der Waals surface area contributed by atoms with E-state index in [-0.39, 0.29) is 5.41 Å². The standard InChI is InChI=1S/C33H40ClN5/c1-25-36-15-18-38(25)24-33(28-5-2-3-6-28,30-7-4-8-31(34)19-30)29-13-16-37(17-14-29)21-27-22-39(23-27)32-11-9-26(20-35)10-12-32/h4,7-12,15,18-19,27-29H,2-3,5-6,13-14,16-17,21-24H2,1H3. The lowest BCUT2D eigenvalue weighted by Crippen LogP contribution is -2.54. The van der Waals surface area contributed by atoms with E-state index in [1.165, 1.54) is 69.4 Å². The summed E-state index contributed by atoms with van der Waals surface area (Å²) in [6.45, 7) is 8.90. The molecule has 2 aromatic carbocycles. The molecule has 2 aliphatic heterocycles. The fourth-order valence-electron chi connectivity index (χ4n) is 7.86. The average Bonchev–Trinajstić information content (AvgIpc) is 3.62. The molecule has 3 fully saturated rings. The van der Waals surface area contributed by atoms with Crippen molar-refractivity contribution < 1.29 is 0 Å². The molecule has 3 heterocycles. The van der Waals surface area contributed by atoms with Crippen molar-refractivity contribution in [3.05, 3.63) is 82.9 Å². The number of hydrogen-bond acceptors (Lipinski definition) is 4. The van der Waals surface area contributed by atoms with E-state index in [0.717, 1.165) is 42.0 Å². The van der Waals surface area contributed by atoms with Crippen LogP contribution in [0.25, 0.3) is 0 Å². The molecule has 5 nitrogen and oxygen atoms in total. The Kier molecular flexibility index (Phi) is 7.69. The summed E-state index contributed by atoms with van der Waals surface area (Å²) in [5, 5.41) is 9.92. The van der Waals surface area contributed by atoms with Crippen molar-refractivity contribution in [2.45, 2.75) is 57.4 Å². The first-order valence-corrected chi connectivity index (χ1v) is 15.1. The molecule has 39 heavy (non-hydrogen) atoms. The van der Waals surface area contributed by atoms with Crippen LogP contribution < -0.4 is 4.90 Å². The summed E-state index contributed by atoms with van der Waals surface area (Å²) >= 11 is 6.64. The van der Waals surface area contributed by atoms with Crippen molar-refractivity contribution in [3.63, 3.8) is 0 Å². The molecule has 204 valence electrons. The van der Waals surface area contributed by atoms with Crippen LogP contribution in [0.15, 0.2) is 60.9 Å². The van der Waals surface area contributed by atoms with Crippen LogP contribution in [-0.4, -0.2) is 47.2 Å². The molecule has 0 amide bonds. The topological polar surface area (TPSA) is 48.1 Å². The first kappa shape index (κ1) is 26.4. The summed E-state index contributed by atoms with van der Waals surface area (Å²) < 4.78 is 2.40. The van der Waals surface area contributed by atoms with E-state index < -0.39 is 0 Å². The number of benzene rings is 2. The minimum Gasteiger partial charge on any atom is -0.371 e. The van der Waals surface area contributed by atoms with E-state index in [1.54, 1.807) is 0 Å². The van der Waals surface area contributed by atoms with Crippen LogP contribution in [-0.2, 0) is 12.0 Å². The molecule has 1 saturated carbocycles. The van der Waals surface area contributed by atoms with Gasteiger partial charge in [0.25, 0.3) is 0 Å². The summed E-state index contributed by atoms with van der Waals surface area (Å²) in [5.41, 5.74) is 3.49. The lowest BCUT2D eigenvalue weighted by Gasteiger charge is -2.50. The lowest BCUT2D eigenvalue weighted by molar-refractivity contribution is 0.0642. The number of nitrogens with zero attached hydrogens (tertiary/aromatic N) is 5. The number of aryl methyl sites for hydroxylation is 1. The minimum absolute atomic E-state index is 0.0851. The Morgan fingerprint density at radius 1 is 1.00 bits per heavy atom. The van der Waals surface area contributed by atoms with Gasteiger partial charge < -0.3 is 14.4 Å². The second-order valence-corrected chi connectivity index (χ2v) is 12.6. The van der Waals surface area contributed by atoms with Gasteiger partial charge in [0.2, 0.25) is 0 Å². The normalized spacial score (nSPS) is 21.0. The van der Waals surface area contributed by atoms with Crippen LogP contribution in [0, 0.1) is 36.0 Å². The molecular weight excluding hydrogens is 502 g/mol. The highest BCUT2D eigenvalue weighted by molar-refractivity contribution is 6.30. The number of aromatic nitrogens is 2. The monoisotopic (exact) mass is 541 g/mol. The largest absolute Gasteiger partial charge is 0.371 e. The van der Waals surface area contributed by atoms with Gasteiger partial charge in [0.05, 0.1) is 11.6 Å². The Balaban J connectivity index is 1.16. The SMILES string of the molecule is Cc1nccn1CC(c1cccc(Cl)c1)(C1CCCC1)C1CCN(CC2CN(c3ccc(C#N)cc3)C2)CC1. The van der Waals surface area contributed by atoms with Gasteiger partial charge in [0.15, 0.2) is 0 Å². The first-order valence-electron chi connectivity index (χ1n) is 14.8. The van der Waals surface area contributed by atoms with E-state index in [9.17, 15) is 0 Å². The van der Waals surface area contributed by atoms with Crippen LogP contribution in [0.4, 0.5) is 5.69 Å². The van der Waals surface area contributed by atoms with Crippen LogP contribution in [0.5, 0.6) is 0 Å². The highest BCUT2D eigenvalue weighted by Gasteiger charge is 2.48. The van der Waals surface area contributed by atoms with Crippen molar-refractivity contribution in [1.82, 2.24) is 14.5 Å². The molecule has 6 heteroatoms. The van der Waals surface area contributed by atoms with Crippen LogP contribution in [0.1, 0.15) is 55.5 Å². The van der Waals surface area contributed by atoms with E-state index in [1.807, 2.05) is 24.4 Å². The summed E-state index contributed by atoms with van der Waals surface area (Å²) in [5.74, 6) is 3.14. The summed E-state index contributed by atoms with van der Waals surface area (Å²) in [6, 6.07) is 19.0. The molecule has 1 aliphatic carbocycles. The van der Waals surface area contributed by atoms with Crippen LogP contribution >= 0.6 is 11.6 Å². The van der Waals surface area contributed by atoms with E-state index in [0.29, 0.717) is 11.8 Å². The Morgan fingerprint density at radius 3 is 2.36 bits per heavy atom. The van der Waals surface area contributed by atoms with Gasteiger partial charge in [-0.05, 0) is 99.5 Å². The molecule has 1 atom stereocenters. The third-order valence-electron chi connectivity index (χ3n) is 9.95. The number of nitriles is 1. The predicted octanol–water partition coefficient (Wildman–Crippen LogP) is 6.69. The molecule has 2 saturated heterocycles. The van der Waals surface area contributed by atoms with Crippen LogP contribution in [0.2, 0.25) is 5.02 Å². The molecule has 3 aliphatic rings. The van der Waals surface area contributed by atoms with Crippen molar-refractivity contribution in [1.29, 1.82) is 5.26 Å². The molecule has 1 aromatic heterocycles. The fraction of sp³-hybridized carbons (Fsp3) is 0.515. The average molecular weight is 542 g/mol. The summed E-state index contributed by atoms with van der Waals surface area (Å²) in [7, 11) is 0. The van der Waals surface area contributed by atoms with Crippen molar-refractivity contribution in [2.24, 2.45) is 17.8 Å². The van der Waals surface area contributed by atoms with E-state index >= 15 is 0 Å². The highest BCUT2D eigenvalue weighted by Crippen LogP contribution is 2.52. The second kappa shape index (κ2) is 11.4. The minimum atomic E-state index is 0.0851. The number of rotatable bonds is 8. The fourth-order valence-corrected chi connectivity index (χ4v) is 8.05. The highest BCUT2D eigenvalue weighted by atomic mass is 35.5. The van der Waals surface area contributed by atoms with Gasteiger partial charge in [-0.15, -0.1) is 0 Å². The number of anilines is 1. The van der Waals surface area contributed by atoms with Crippen LogP contribution in [0.3, 0.4) is 0 Å². The zero-order valence-electron chi connectivity index (χ0n) is 23.1. The smallest absolute Gasteiger partial charge is 0.105 e. The Bertz CT molecular complexity index is 1290. The summed E-state index contributed by atoms with van der Waals surface area (Å²) in [6.07, 6.45) is 11.9. The lowest BCUT2D eigenvalue weighted by atomic mass is 9.59. The van der Waals surface area contributed by atoms with Gasteiger partial charge in [0.1, 0.15) is 5.82 Å². The molecule has 0 N–H and O–H groups in total. The van der Waals surface area contributed by atoms with Gasteiger partial charge >= 0.3 is 0 Å². The molecular formula is C33H40ClN5. The molecule has 6 rings (SSSR count). The van der Waals surface area contributed by atoms with Gasteiger partial charge in [0, 0.05) is 60.6 Å². The Hall–Kier alpha value is -2.81. The third kappa shape index (κ3) is 5.34. The van der Waals surface area contributed by atoms with Gasteiger partial charge in [-0.25, -0.2) is 4.98 Å². The van der Waals surface area contributed by atoms with Gasteiger partial charge in [-0.2, -0.15) is 5.26 Å². The zero-order chi connectivity index (χ0) is 26.8. The number of halogens is 1. The van der Waals surface area contributed by atoms with E-state index in [4.69, 9.17) is 16.9 Å². The zero-order valence-corrected chi connectivity index (χ0v) is 23.9. The van der Waals surface area contributed by atoms with E-state index in [2.05, 4.69) is 68.9 Å². The van der Waals surface area contributed by atoms with Gasteiger partial charge in [-0.1, -0.05) is 36.6 Å². The number of piperidine rings is 1. The maximum Gasteiger partial charge on any atom is 0.105 e. The maximum absolute atomic E-state index is 9.07. The quantitative estimate of drug-likeness (QED) is 0.318. The molecule has 0 spiro atoms. The number of hydrogen-bond donors (Lipinski definition) is 0. The number of likely N-dealkylation sites (tertiary alicyclic amines) is 1. The van der Waals surface area contributed by atoms with Crippen molar-refractivity contribution in [3.8, 4) is 6.07 Å². The molecule has 0 bridgehead atoms. The second-order valence-electron chi connectivity index (χ2n) is 12.1. The van der Waals surface area contributed by atoms with Crippen molar-refractivity contribution >= 4 is 17.3 Å². The summed E-state index contributed by atoms with van der Waals surface area (Å²) in [4.78, 5) is 9.75. The Labute approximate surface area is 238 Å². The van der Waals surface area contributed by atoms with Gasteiger partial charge in [-0.3, -0.25) is 0 Å².